The van der Waals surface area contributed by atoms with Crippen LogP contribution in [-0.2, 0) is 25.7 Å². The largest absolute Gasteiger partial charge is 0.496 e. The number of allylic oxidation sites excluding steroid dienone is 3. The third-order valence-electron chi connectivity index (χ3n) is 6.12. The Balaban J connectivity index is 1.88. The Kier molecular flexibility index (Phi) is 9.09. The Labute approximate surface area is 230 Å². The highest BCUT2D eigenvalue weighted by molar-refractivity contribution is 8.40. The van der Waals surface area contributed by atoms with Crippen LogP contribution in [0.5, 0.6) is 11.5 Å². The monoisotopic (exact) mass is 550 g/mol. The maximum atomic E-state index is 9.62. The standard InChI is InChI=1S/C28H26N2O2S4/c1-31-24-14-21-12-22(26-35-27(33-3)28(34-4)36-26)10-18-7-5-17(6-8-18)9-19(23(15-29)16-30)11-20(24)13-25(21)32-2/h5-8,13-14H,9-12H2,1-4H3. The minimum atomic E-state index is 0.153. The van der Waals surface area contributed by atoms with E-state index in [2.05, 4.69) is 55.0 Å². The van der Waals surface area contributed by atoms with Gasteiger partial charge in [0.15, 0.2) is 0 Å². The van der Waals surface area contributed by atoms with E-state index in [1.807, 2.05) is 29.6 Å². The Hall–Kier alpha value is -2.36. The predicted molar refractivity (Wildman–Crippen MR) is 155 cm³/mol. The molecule has 7 rings (SSSR count). The Morgan fingerprint density at radius 2 is 1.28 bits per heavy atom. The first-order chi connectivity index (χ1) is 17.5. The lowest BCUT2D eigenvalue weighted by Crippen LogP contribution is -2.06. The third kappa shape index (κ3) is 5.79. The lowest BCUT2D eigenvalue weighted by atomic mass is 9.90. The van der Waals surface area contributed by atoms with Gasteiger partial charge in [-0.15, -0.1) is 23.5 Å². The average Bonchev–Trinajstić information content (AvgIpc) is 3.33. The molecule has 5 aliphatic rings. The average molecular weight is 551 g/mol. The van der Waals surface area contributed by atoms with Crippen molar-refractivity contribution in [3.63, 3.8) is 0 Å². The maximum Gasteiger partial charge on any atom is 0.129 e. The van der Waals surface area contributed by atoms with Crippen molar-refractivity contribution >= 4 is 47.0 Å². The minimum absolute atomic E-state index is 0.153. The van der Waals surface area contributed by atoms with Gasteiger partial charge in [0.25, 0.3) is 0 Å². The molecule has 2 aromatic carbocycles. The molecule has 8 heteroatoms. The molecule has 0 saturated carbocycles. The third-order valence-corrected chi connectivity index (χ3v) is 11.5. The van der Waals surface area contributed by atoms with Crippen molar-refractivity contribution in [3.8, 4) is 23.6 Å². The summed E-state index contributed by atoms with van der Waals surface area (Å²) >= 11 is 7.35. The molecular weight excluding hydrogens is 525 g/mol. The fourth-order valence-electron chi connectivity index (χ4n) is 4.32. The highest BCUT2D eigenvalue weighted by Crippen LogP contribution is 2.57. The van der Waals surface area contributed by atoms with Crippen LogP contribution in [0.1, 0.15) is 22.3 Å². The van der Waals surface area contributed by atoms with E-state index in [0.29, 0.717) is 12.8 Å². The van der Waals surface area contributed by atoms with Gasteiger partial charge in [0, 0.05) is 11.1 Å². The molecule has 4 nitrogen and oxygen atoms in total. The normalized spacial score (nSPS) is 15.6. The number of hydrogen-bond donors (Lipinski definition) is 0. The maximum absolute atomic E-state index is 9.62. The van der Waals surface area contributed by atoms with E-state index >= 15 is 0 Å². The Bertz CT molecular complexity index is 1310. The number of hydrogen-bond acceptors (Lipinski definition) is 8. The molecule has 4 bridgehead atoms. The van der Waals surface area contributed by atoms with E-state index < -0.39 is 0 Å². The van der Waals surface area contributed by atoms with E-state index in [0.717, 1.165) is 46.6 Å². The summed E-state index contributed by atoms with van der Waals surface area (Å²) in [6.07, 6.45) is 6.81. The van der Waals surface area contributed by atoms with Crippen LogP contribution in [0, 0.1) is 22.7 Å². The topological polar surface area (TPSA) is 66.0 Å². The van der Waals surface area contributed by atoms with Crippen molar-refractivity contribution in [1.29, 1.82) is 10.5 Å². The van der Waals surface area contributed by atoms with Gasteiger partial charge in [-0.3, -0.25) is 0 Å². The van der Waals surface area contributed by atoms with Crippen LogP contribution in [-0.4, -0.2) is 26.7 Å². The zero-order chi connectivity index (χ0) is 25.7. The number of nitrogens with zero attached hydrogens (tertiary/aromatic N) is 2. The molecule has 36 heavy (non-hydrogen) atoms. The van der Waals surface area contributed by atoms with Gasteiger partial charge < -0.3 is 9.47 Å². The van der Waals surface area contributed by atoms with Gasteiger partial charge in [0.05, 0.1) is 26.9 Å². The Morgan fingerprint density at radius 1 is 0.778 bits per heavy atom. The second-order valence-electron chi connectivity index (χ2n) is 8.28. The molecule has 1 aliphatic heterocycles. The summed E-state index contributed by atoms with van der Waals surface area (Å²) in [6.45, 7) is 0. The van der Waals surface area contributed by atoms with Gasteiger partial charge in [-0.2, -0.15) is 10.5 Å². The lowest BCUT2D eigenvalue weighted by Gasteiger charge is -2.19. The number of rotatable bonds is 4. The van der Waals surface area contributed by atoms with Crippen molar-refractivity contribution in [2.75, 3.05) is 26.7 Å². The summed E-state index contributed by atoms with van der Waals surface area (Å²) in [5.41, 5.74) is 6.56. The van der Waals surface area contributed by atoms with Crippen LogP contribution < -0.4 is 9.47 Å². The summed E-state index contributed by atoms with van der Waals surface area (Å²) in [4.78, 5) is 0. The quantitative estimate of drug-likeness (QED) is 0.363. The van der Waals surface area contributed by atoms with Gasteiger partial charge >= 0.3 is 0 Å². The first-order valence-corrected chi connectivity index (χ1v) is 15.4. The first-order valence-electron chi connectivity index (χ1n) is 11.3. The van der Waals surface area contributed by atoms with Crippen LogP contribution in [0.2, 0.25) is 0 Å². The second kappa shape index (κ2) is 12.3. The number of thioether (sulfide) groups is 4. The number of methoxy groups -OCH3 is 2. The van der Waals surface area contributed by atoms with Crippen LogP contribution in [0.25, 0.3) is 0 Å². The van der Waals surface area contributed by atoms with Crippen molar-refractivity contribution in [2.24, 2.45) is 0 Å². The van der Waals surface area contributed by atoms with Gasteiger partial charge in [0.1, 0.15) is 29.2 Å². The van der Waals surface area contributed by atoms with E-state index in [9.17, 15) is 10.5 Å². The van der Waals surface area contributed by atoms with Crippen LogP contribution in [0.3, 0.4) is 0 Å². The predicted octanol–water partition coefficient (Wildman–Crippen LogP) is 7.48. The molecule has 0 amide bonds. The summed E-state index contributed by atoms with van der Waals surface area (Å²) in [6, 6.07) is 16.8. The van der Waals surface area contributed by atoms with Crippen LogP contribution in [0.15, 0.2) is 65.8 Å². The molecule has 0 aromatic heterocycles. The summed E-state index contributed by atoms with van der Waals surface area (Å²) in [5, 5.41) is 19.2. The molecule has 184 valence electrons. The molecule has 0 spiro atoms. The summed E-state index contributed by atoms with van der Waals surface area (Å²) in [5.74, 6) is 1.54. The van der Waals surface area contributed by atoms with Crippen LogP contribution >= 0.6 is 47.0 Å². The molecule has 4 aliphatic carbocycles. The molecule has 0 fully saturated rings. The van der Waals surface area contributed by atoms with Crippen LogP contribution in [0.4, 0.5) is 0 Å². The molecule has 0 unspecified atom stereocenters. The molecule has 2 aromatic rings. The molecule has 0 radical (unpaired) electrons. The SMILES string of the molecule is COc1cc2c(OC)cc1CC(=C(C#N)C#N)Cc1ccc(cc1)CC(=C1SC(SC)=C(SC)S1)C2. The first kappa shape index (κ1) is 26.7. The van der Waals surface area contributed by atoms with Crippen molar-refractivity contribution in [2.45, 2.75) is 25.7 Å². The second-order valence-corrected chi connectivity index (χ2v) is 12.7. The number of ether oxygens (including phenoxy) is 2. The fraction of sp³-hybridized carbons (Fsp3) is 0.286. The molecule has 0 atom stereocenters. The molecule has 0 saturated heterocycles. The zero-order valence-corrected chi connectivity index (χ0v) is 23.9. The zero-order valence-electron chi connectivity index (χ0n) is 20.6. The molecule has 0 N–H and O–H groups in total. The molecule has 1 heterocycles. The van der Waals surface area contributed by atoms with Gasteiger partial charge in [0.2, 0.25) is 0 Å². The van der Waals surface area contributed by atoms with E-state index in [1.54, 1.807) is 37.7 Å². The minimum Gasteiger partial charge on any atom is -0.496 e. The lowest BCUT2D eigenvalue weighted by molar-refractivity contribution is 0.396. The highest BCUT2D eigenvalue weighted by atomic mass is 32.3. The Morgan fingerprint density at radius 3 is 1.75 bits per heavy atom. The van der Waals surface area contributed by atoms with Gasteiger partial charge in [-0.05, 0) is 72.6 Å². The summed E-state index contributed by atoms with van der Waals surface area (Å²) < 4.78 is 15.7. The highest BCUT2D eigenvalue weighted by Gasteiger charge is 2.25. The van der Waals surface area contributed by atoms with Crippen molar-refractivity contribution < 1.29 is 9.47 Å². The van der Waals surface area contributed by atoms with Gasteiger partial charge in [-0.25, -0.2) is 0 Å². The summed E-state index contributed by atoms with van der Waals surface area (Å²) in [7, 11) is 3.35. The van der Waals surface area contributed by atoms with Gasteiger partial charge in [-0.1, -0.05) is 47.8 Å². The molecular formula is C28H26N2O2S4. The van der Waals surface area contributed by atoms with Crippen molar-refractivity contribution in [1.82, 2.24) is 0 Å². The van der Waals surface area contributed by atoms with E-state index in [-0.39, 0.29) is 5.57 Å². The number of nitriles is 2. The van der Waals surface area contributed by atoms with E-state index in [4.69, 9.17) is 9.47 Å². The smallest absolute Gasteiger partial charge is 0.129 e. The van der Waals surface area contributed by atoms with Crippen molar-refractivity contribution in [3.05, 3.63) is 88.1 Å². The number of benzene rings is 2. The fourth-order valence-corrected chi connectivity index (χ4v) is 9.39. The van der Waals surface area contributed by atoms with E-state index in [1.165, 1.54) is 23.8 Å².